The lowest BCUT2D eigenvalue weighted by Gasteiger charge is -2.11. The van der Waals surface area contributed by atoms with E-state index in [1.807, 2.05) is 6.92 Å². The van der Waals surface area contributed by atoms with Crippen LogP contribution in [0.1, 0.15) is 33.6 Å². The van der Waals surface area contributed by atoms with Crippen molar-refractivity contribution in [2.45, 2.75) is 45.7 Å². The largest absolute Gasteiger partial charge is 0.481 e. The number of rotatable bonds is 5. The molecule has 0 aliphatic heterocycles. The fourth-order valence-corrected chi connectivity index (χ4v) is 0.525. The van der Waals surface area contributed by atoms with E-state index >= 15 is 0 Å². The Morgan fingerprint density at radius 1 is 1.10 bits per heavy atom. The molecule has 0 aromatic heterocycles. The topological polar surface area (TPSA) is 179 Å². The van der Waals surface area contributed by atoms with Gasteiger partial charge in [0.05, 0.1) is 0 Å². The van der Waals surface area contributed by atoms with Crippen molar-refractivity contribution in [2.24, 2.45) is 22.9 Å². The fourth-order valence-electron chi connectivity index (χ4n) is 0.525. The Balaban J connectivity index is -0.0000000970. The summed E-state index contributed by atoms with van der Waals surface area (Å²) in [5, 5.41) is 14.8. The lowest BCUT2D eigenvalue weighted by Crippen LogP contribution is -2.38. The maximum Gasteiger partial charge on any atom is 0.300 e. The third-order valence-electron chi connectivity index (χ3n) is 1.52. The molecule has 0 spiro atoms. The number of carboxylic acids is 2. The number of aliphatic carboxylic acids is 2. The monoisotopic (exact) mass is 308 g/mol. The Bertz CT molecular complexity index is 226. The molecule has 2 unspecified atom stereocenters. The molecule has 2 atom stereocenters. The Labute approximate surface area is 127 Å². The second-order valence-electron chi connectivity index (χ2n) is 4.02. The van der Waals surface area contributed by atoms with Crippen LogP contribution in [0.5, 0.6) is 0 Å². The normalized spacial score (nSPS) is 11.0. The predicted molar refractivity (Wildman–Crippen MR) is 85.8 cm³/mol. The van der Waals surface area contributed by atoms with Gasteiger partial charge in [-0.15, -0.1) is 6.58 Å². The van der Waals surface area contributed by atoms with Gasteiger partial charge in [0.1, 0.15) is 0 Å². The standard InChI is InChI=1S/C6H14N2.C3H10N2.2C2H4O2/c1-3-4-6(8)5(2)7;4-2-1-3-5;2*1-2(3)4/h3,5-6H,1,4,7-8H2,2H3;1-5H2;2*1H3,(H,3,4). The van der Waals surface area contributed by atoms with Crippen LogP contribution >= 0.6 is 0 Å². The first-order valence-electron chi connectivity index (χ1n) is 6.47. The molecule has 0 amide bonds. The van der Waals surface area contributed by atoms with Crippen LogP contribution in [0.4, 0.5) is 0 Å². The van der Waals surface area contributed by atoms with E-state index in [1.54, 1.807) is 6.08 Å². The van der Waals surface area contributed by atoms with Crippen LogP contribution < -0.4 is 22.9 Å². The summed E-state index contributed by atoms with van der Waals surface area (Å²) in [6.45, 7) is 9.05. The third kappa shape index (κ3) is 89.4. The molecule has 0 saturated carbocycles. The minimum atomic E-state index is -0.833. The molecule has 0 aromatic carbocycles. The van der Waals surface area contributed by atoms with Crippen molar-refractivity contribution in [2.75, 3.05) is 13.1 Å². The number of carboxylic acid groups (broad SMARTS) is 2. The summed E-state index contributed by atoms with van der Waals surface area (Å²) in [4.78, 5) is 18.0. The van der Waals surface area contributed by atoms with Crippen molar-refractivity contribution in [1.82, 2.24) is 0 Å². The quantitative estimate of drug-likeness (QED) is 0.375. The number of carbonyl (C=O) groups is 2. The average molecular weight is 308 g/mol. The molecule has 0 aliphatic carbocycles. The summed E-state index contributed by atoms with van der Waals surface area (Å²) < 4.78 is 0. The molecule has 8 nitrogen and oxygen atoms in total. The zero-order chi connectivity index (χ0) is 17.8. The maximum atomic E-state index is 9.00. The van der Waals surface area contributed by atoms with E-state index in [0.29, 0.717) is 0 Å². The molecule has 8 heteroatoms. The molecule has 0 aromatic rings. The van der Waals surface area contributed by atoms with Crippen molar-refractivity contribution >= 4 is 11.9 Å². The second-order valence-corrected chi connectivity index (χ2v) is 4.02. The first-order chi connectivity index (χ1) is 9.56. The average Bonchev–Trinajstić information content (AvgIpc) is 2.29. The van der Waals surface area contributed by atoms with Crippen molar-refractivity contribution in [1.29, 1.82) is 0 Å². The summed E-state index contributed by atoms with van der Waals surface area (Å²) in [7, 11) is 0. The number of nitrogens with two attached hydrogens (primary N) is 4. The van der Waals surface area contributed by atoms with Crippen LogP contribution in [-0.2, 0) is 9.59 Å². The zero-order valence-electron chi connectivity index (χ0n) is 13.3. The Morgan fingerprint density at radius 2 is 1.38 bits per heavy atom. The lowest BCUT2D eigenvalue weighted by molar-refractivity contribution is -0.135. The first kappa shape index (κ1) is 27.8. The molecule has 0 rings (SSSR count). The van der Waals surface area contributed by atoms with Gasteiger partial charge in [-0.3, -0.25) is 9.59 Å². The third-order valence-corrected chi connectivity index (χ3v) is 1.52. The lowest BCUT2D eigenvalue weighted by atomic mass is 10.1. The summed E-state index contributed by atoms with van der Waals surface area (Å²) >= 11 is 0. The Morgan fingerprint density at radius 3 is 1.43 bits per heavy atom. The van der Waals surface area contributed by atoms with E-state index < -0.39 is 11.9 Å². The van der Waals surface area contributed by atoms with Crippen molar-refractivity contribution in [3.63, 3.8) is 0 Å². The Hall–Kier alpha value is -1.48. The van der Waals surface area contributed by atoms with E-state index in [9.17, 15) is 0 Å². The second kappa shape index (κ2) is 23.6. The summed E-state index contributed by atoms with van der Waals surface area (Å²) in [5.41, 5.74) is 21.1. The molecule has 0 heterocycles. The predicted octanol–water partition coefficient (Wildman–Crippen LogP) is -0.287. The fraction of sp³-hybridized carbons (Fsp3) is 0.692. The number of hydrogen-bond donors (Lipinski definition) is 6. The highest BCUT2D eigenvalue weighted by Gasteiger charge is 2.03. The van der Waals surface area contributed by atoms with E-state index in [1.165, 1.54) is 0 Å². The van der Waals surface area contributed by atoms with Gasteiger partial charge in [0, 0.05) is 25.9 Å². The molecule has 10 N–H and O–H groups in total. The van der Waals surface area contributed by atoms with E-state index in [4.69, 9.17) is 42.7 Å². The molecule has 0 saturated heterocycles. The highest BCUT2D eigenvalue weighted by atomic mass is 16.4. The molecule has 0 radical (unpaired) electrons. The van der Waals surface area contributed by atoms with E-state index in [0.717, 1.165) is 39.8 Å². The SMILES string of the molecule is C=CCC(N)C(C)N.CC(=O)O.CC(=O)O.NCCCN. The van der Waals surface area contributed by atoms with Gasteiger partial charge >= 0.3 is 0 Å². The maximum absolute atomic E-state index is 9.00. The van der Waals surface area contributed by atoms with Gasteiger partial charge in [0.25, 0.3) is 11.9 Å². The van der Waals surface area contributed by atoms with Crippen LogP contribution in [0.25, 0.3) is 0 Å². The van der Waals surface area contributed by atoms with Crippen LogP contribution in [0, 0.1) is 0 Å². The van der Waals surface area contributed by atoms with Crippen molar-refractivity contribution in [3.8, 4) is 0 Å². The van der Waals surface area contributed by atoms with Gasteiger partial charge in [-0.25, -0.2) is 0 Å². The minimum Gasteiger partial charge on any atom is -0.481 e. The highest BCUT2D eigenvalue weighted by molar-refractivity contribution is 5.63. The summed E-state index contributed by atoms with van der Waals surface area (Å²) in [6, 6.07) is 0.153. The van der Waals surface area contributed by atoms with Gasteiger partial charge < -0.3 is 33.1 Å². The van der Waals surface area contributed by atoms with E-state index in [2.05, 4.69) is 6.58 Å². The van der Waals surface area contributed by atoms with Crippen molar-refractivity contribution < 1.29 is 19.8 Å². The van der Waals surface area contributed by atoms with Gasteiger partial charge in [0.15, 0.2) is 0 Å². The van der Waals surface area contributed by atoms with Crippen LogP contribution in [0.15, 0.2) is 12.7 Å². The molecule has 0 aliphatic rings. The molecular formula is C13H32N4O4. The van der Waals surface area contributed by atoms with Crippen LogP contribution in [0.2, 0.25) is 0 Å². The molecule has 21 heavy (non-hydrogen) atoms. The zero-order valence-corrected chi connectivity index (χ0v) is 13.3. The smallest absolute Gasteiger partial charge is 0.300 e. The van der Waals surface area contributed by atoms with Gasteiger partial charge in [0.2, 0.25) is 0 Å². The van der Waals surface area contributed by atoms with E-state index in [-0.39, 0.29) is 12.1 Å². The van der Waals surface area contributed by atoms with Crippen LogP contribution in [0.3, 0.4) is 0 Å². The van der Waals surface area contributed by atoms with Crippen molar-refractivity contribution in [3.05, 3.63) is 12.7 Å². The molecule has 0 fully saturated rings. The molecule has 128 valence electrons. The minimum absolute atomic E-state index is 0.0764. The summed E-state index contributed by atoms with van der Waals surface area (Å²) in [6.07, 6.45) is 3.53. The van der Waals surface area contributed by atoms with Gasteiger partial charge in [-0.05, 0) is 32.9 Å². The number of hydrogen-bond acceptors (Lipinski definition) is 6. The molecular weight excluding hydrogens is 276 g/mol. The van der Waals surface area contributed by atoms with Gasteiger partial charge in [-0.2, -0.15) is 0 Å². The van der Waals surface area contributed by atoms with Crippen LogP contribution in [-0.4, -0.2) is 47.3 Å². The van der Waals surface area contributed by atoms with Gasteiger partial charge in [-0.1, -0.05) is 6.08 Å². The highest BCUT2D eigenvalue weighted by Crippen LogP contribution is 1.91. The first-order valence-corrected chi connectivity index (χ1v) is 6.47. The summed E-state index contributed by atoms with van der Waals surface area (Å²) in [5.74, 6) is -1.67. The molecule has 0 bridgehead atoms. The Kier molecular flexibility index (Phi) is 31.2.